The zero-order chi connectivity index (χ0) is 12.0. The van der Waals surface area contributed by atoms with Crippen LogP contribution in [0.1, 0.15) is 44.9 Å². The van der Waals surface area contributed by atoms with Crippen LogP contribution in [0.4, 0.5) is 0 Å². The Morgan fingerprint density at radius 1 is 1.24 bits per heavy atom. The minimum atomic E-state index is 0.781. The quantitative estimate of drug-likeness (QED) is 0.718. The highest BCUT2D eigenvalue weighted by atomic mass is 32.1. The summed E-state index contributed by atoms with van der Waals surface area (Å²) in [5.74, 6) is 0. The summed E-state index contributed by atoms with van der Waals surface area (Å²) in [6.45, 7) is 3.98. The summed E-state index contributed by atoms with van der Waals surface area (Å²) in [6, 6.07) is 0. The van der Waals surface area contributed by atoms with Crippen LogP contribution in [0.15, 0.2) is 0 Å². The van der Waals surface area contributed by atoms with Crippen molar-refractivity contribution in [2.45, 2.75) is 39.5 Å². The van der Waals surface area contributed by atoms with Crippen molar-refractivity contribution in [1.29, 1.82) is 0 Å². The molecule has 2 heterocycles. The smallest absolute Gasteiger partial charge is 0.152 e. The molecule has 0 atom stereocenters. The van der Waals surface area contributed by atoms with Crippen LogP contribution in [0.3, 0.4) is 0 Å². The van der Waals surface area contributed by atoms with Crippen molar-refractivity contribution >= 4 is 27.8 Å². The lowest BCUT2D eigenvalue weighted by Crippen LogP contribution is -2.00. The molecule has 0 saturated heterocycles. The van der Waals surface area contributed by atoms with Crippen LogP contribution in [-0.2, 0) is 12.8 Å². The van der Waals surface area contributed by atoms with E-state index in [0.29, 0.717) is 0 Å². The first-order valence-electron chi connectivity index (χ1n) is 6.09. The summed E-state index contributed by atoms with van der Waals surface area (Å²) in [7, 11) is 0. The third-order valence-electron chi connectivity index (χ3n) is 3.71. The van der Waals surface area contributed by atoms with E-state index in [9.17, 15) is 4.79 Å². The Bertz CT molecular complexity index is 612. The molecular weight excluding hydrogens is 230 g/mol. The highest BCUT2D eigenvalue weighted by molar-refractivity contribution is 7.18. The van der Waals surface area contributed by atoms with Crippen LogP contribution in [0.25, 0.3) is 10.2 Å². The first-order valence-corrected chi connectivity index (χ1v) is 6.90. The molecule has 88 valence electrons. The number of thiophene rings is 1. The van der Waals surface area contributed by atoms with Gasteiger partial charge in [0.05, 0.1) is 0 Å². The number of hydrogen-bond acceptors (Lipinski definition) is 3. The Balaban J connectivity index is 2.40. The van der Waals surface area contributed by atoms with Crippen molar-refractivity contribution in [2.75, 3.05) is 0 Å². The van der Waals surface area contributed by atoms with Gasteiger partial charge in [-0.05, 0) is 50.7 Å². The number of hydrogen-bond donors (Lipinski definition) is 0. The molecule has 3 rings (SSSR count). The van der Waals surface area contributed by atoms with Crippen molar-refractivity contribution in [3.8, 4) is 0 Å². The number of rotatable bonds is 1. The molecule has 2 aromatic heterocycles. The summed E-state index contributed by atoms with van der Waals surface area (Å²) in [5.41, 5.74) is 4.23. The normalized spacial score (nSPS) is 14.9. The van der Waals surface area contributed by atoms with Crippen LogP contribution < -0.4 is 0 Å². The largest absolute Gasteiger partial charge is 0.298 e. The van der Waals surface area contributed by atoms with E-state index >= 15 is 0 Å². The molecule has 2 nitrogen and oxygen atoms in total. The van der Waals surface area contributed by atoms with E-state index in [2.05, 4.69) is 11.9 Å². The summed E-state index contributed by atoms with van der Waals surface area (Å²) < 4.78 is 0. The monoisotopic (exact) mass is 245 g/mol. The van der Waals surface area contributed by atoms with Crippen molar-refractivity contribution in [3.63, 3.8) is 0 Å². The van der Waals surface area contributed by atoms with Gasteiger partial charge in [-0.1, -0.05) is 0 Å². The molecular formula is C14H15NOS. The third kappa shape index (κ3) is 1.53. The maximum absolute atomic E-state index is 11.1. The average Bonchev–Trinajstić information content (AvgIpc) is 2.67. The van der Waals surface area contributed by atoms with Crippen LogP contribution in [0.5, 0.6) is 0 Å². The van der Waals surface area contributed by atoms with E-state index in [1.54, 1.807) is 0 Å². The molecule has 0 saturated carbocycles. The van der Waals surface area contributed by atoms with E-state index in [1.165, 1.54) is 35.1 Å². The van der Waals surface area contributed by atoms with Gasteiger partial charge in [0.25, 0.3) is 0 Å². The summed E-state index contributed by atoms with van der Waals surface area (Å²) in [4.78, 5) is 18.4. The molecule has 0 bridgehead atoms. The van der Waals surface area contributed by atoms with Gasteiger partial charge in [0.15, 0.2) is 6.29 Å². The topological polar surface area (TPSA) is 30.0 Å². The number of pyridine rings is 1. The minimum Gasteiger partial charge on any atom is -0.298 e. The van der Waals surface area contributed by atoms with E-state index in [1.807, 2.05) is 18.3 Å². The summed E-state index contributed by atoms with van der Waals surface area (Å²) >= 11 is 1.82. The molecule has 0 unspecified atom stereocenters. The lowest BCUT2D eigenvalue weighted by Gasteiger charge is -2.12. The number of nitrogens with zero attached hydrogens (tertiary/aromatic N) is 1. The fourth-order valence-corrected chi connectivity index (χ4v) is 4.18. The second-order valence-corrected chi connectivity index (χ2v) is 5.83. The van der Waals surface area contributed by atoms with Crippen molar-refractivity contribution in [2.24, 2.45) is 0 Å². The summed E-state index contributed by atoms with van der Waals surface area (Å²) in [5, 5.41) is 1.26. The van der Waals surface area contributed by atoms with Crippen LogP contribution in [0, 0.1) is 13.8 Å². The molecule has 0 amide bonds. The van der Waals surface area contributed by atoms with Gasteiger partial charge in [-0.25, -0.2) is 4.98 Å². The SMILES string of the molecule is Cc1nc2sc3c(c2c(C)c1C=O)CCCC3. The second-order valence-electron chi connectivity index (χ2n) is 4.74. The zero-order valence-electron chi connectivity index (χ0n) is 10.2. The van der Waals surface area contributed by atoms with Gasteiger partial charge in [0.1, 0.15) is 4.83 Å². The van der Waals surface area contributed by atoms with Gasteiger partial charge >= 0.3 is 0 Å². The predicted molar refractivity (Wildman–Crippen MR) is 71.1 cm³/mol. The van der Waals surface area contributed by atoms with Gasteiger partial charge in [0, 0.05) is 21.5 Å². The third-order valence-corrected chi connectivity index (χ3v) is 4.89. The Morgan fingerprint density at radius 2 is 2.00 bits per heavy atom. The average molecular weight is 245 g/mol. The zero-order valence-corrected chi connectivity index (χ0v) is 11.0. The van der Waals surface area contributed by atoms with Crippen LogP contribution >= 0.6 is 11.3 Å². The Morgan fingerprint density at radius 3 is 2.76 bits per heavy atom. The molecule has 2 aromatic rings. The van der Waals surface area contributed by atoms with Gasteiger partial charge < -0.3 is 0 Å². The molecule has 0 N–H and O–H groups in total. The van der Waals surface area contributed by atoms with Crippen molar-refractivity contribution in [3.05, 3.63) is 27.3 Å². The fraction of sp³-hybridized carbons (Fsp3) is 0.429. The second kappa shape index (κ2) is 3.91. The van der Waals surface area contributed by atoms with E-state index in [-0.39, 0.29) is 0 Å². The van der Waals surface area contributed by atoms with Crippen molar-refractivity contribution < 1.29 is 4.79 Å². The van der Waals surface area contributed by atoms with Gasteiger partial charge in [-0.3, -0.25) is 4.79 Å². The van der Waals surface area contributed by atoms with E-state index in [4.69, 9.17) is 0 Å². The molecule has 3 heteroatoms. The molecule has 1 aliphatic rings. The molecule has 0 fully saturated rings. The van der Waals surface area contributed by atoms with Gasteiger partial charge in [-0.15, -0.1) is 11.3 Å². The van der Waals surface area contributed by atoms with E-state index in [0.717, 1.165) is 34.4 Å². The van der Waals surface area contributed by atoms with Crippen LogP contribution in [0.2, 0.25) is 0 Å². The number of aldehydes is 1. The Hall–Kier alpha value is -1.22. The molecule has 0 spiro atoms. The maximum Gasteiger partial charge on any atom is 0.152 e. The van der Waals surface area contributed by atoms with Gasteiger partial charge in [-0.2, -0.15) is 0 Å². The lowest BCUT2D eigenvalue weighted by atomic mass is 9.94. The highest BCUT2D eigenvalue weighted by Gasteiger charge is 2.20. The predicted octanol–water partition coefficient (Wildman–Crippen LogP) is 3.60. The Labute approximate surface area is 105 Å². The Kier molecular flexibility index (Phi) is 2.51. The number of fused-ring (bicyclic) bond motifs is 3. The van der Waals surface area contributed by atoms with Crippen LogP contribution in [-0.4, -0.2) is 11.3 Å². The maximum atomic E-state index is 11.1. The minimum absolute atomic E-state index is 0.781. The first-order chi connectivity index (χ1) is 8.22. The standard InChI is InChI=1S/C14H15NOS/c1-8-11(7-16)9(2)15-14-13(8)10-5-3-4-6-12(10)17-14/h7H,3-6H2,1-2H3. The lowest BCUT2D eigenvalue weighted by molar-refractivity contribution is 0.112. The molecule has 0 aliphatic heterocycles. The van der Waals surface area contributed by atoms with E-state index < -0.39 is 0 Å². The molecule has 17 heavy (non-hydrogen) atoms. The first kappa shape index (κ1) is 10.9. The number of aromatic nitrogens is 1. The molecule has 0 aromatic carbocycles. The highest BCUT2D eigenvalue weighted by Crippen LogP contribution is 2.38. The van der Waals surface area contributed by atoms with Gasteiger partial charge in [0.2, 0.25) is 0 Å². The molecule has 1 aliphatic carbocycles. The number of carbonyl (C=O) groups is 1. The summed E-state index contributed by atoms with van der Waals surface area (Å²) in [6.07, 6.45) is 5.84. The fourth-order valence-electron chi connectivity index (χ4n) is 2.81. The molecule has 0 radical (unpaired) electrons. The van der Waals surface area contributed by atoms with Crippen molar-refractivity contribution in [1.82, 2.24) is 4.98 Å². The number of aryl methyl sites for hydroxylation is 4. The number of carbonyl (C=O) groups excluding carboxylic acids is 1.